The Labute approximate surface area is 385 Å². The minimum Gasteiger partial charge on any atom is -0.399 e. The minimum atomic E-state index is -1.66. The Morgan fingerprint density at radius 2 is 1.14 bits per heavy atom. The highest BCUT2D eigenvalue weighted by atomic mass is 127. The van der Waals surface area contributed by atoms with E-state index in [1.54, 1.807) is 49.1 Å². The maximum atomic E-state index is 12.2. The number of benzene rings is 2. The lowest BCUT2D eigenvalue weighted by molar-refractivity contribution is 0.122. The van der Waals surface area contributed by atoms with Gasteiger partial charge in [-0.15, -0.1) is 10.2 Å². The SMILES string of the molecule is Nc1ccc(-c2nc(N3CCOCC3)c3cccn3n2)cc1.Nc1cccnc1.O=C(Nc1ccc(-c2nc(N3CCOCC3)c3cccn3n2)cc1)Nc1cccnc1.[2H]C([2H])(I)CF. The summed E-state index contributed by atoms with van der Waals surface area (Å²) in [7, 11) is 0. The molecule has 8 aromatic rings. The van der Waals surface area contributed by atoms with Crippen molar-refractivity contribution in [2.24, 2.45) is 0 Å². The van der Waals surface area contributed by atoms with Gasteiger partial charge in [-0.3, -0.25) is 14.4 Å². The average molecular weight is 981 g/mol. The second kappa shape index (κ2) is 22.9. The molecular formula is C45H48FIN14O3. The Kier molecular flexibility index (Phi) is 15.2. The van der Waals surface area contributed by atoms with Crippen molar-refractivity contribution < 1.29 is 21.4 Å². The Morgan fingerprint density at radius 1 is 0.656 bits per heavy atom. The summed E-state index contributed by atoms with van der Waals surface area (Å²) in [5.41, 5.74) is 17.6. The third-order valence-corrected chi connectivity index (χ3v) is 9.88. The topological polar surface area (TPSA) is 204 Å². The first-order valence-corrected chi connectivity index (χ1v) is 21.3. The molecule has 17 nitrogen and oxygen atoms in total. The zero-order chi connectivity index (χ0) is 46.3. The summed E-state index contributed by atoms with van der Waals surface area (Å²) in [6.07, 6.45) is 10.4. The van der Waals surface area contributed by atoms with Crippen LogP contribution in [0.15, 0.2) is 134 Å². The van der Waals surface area contributed by atoms with Crippen LogP contribution in [0.3, 0.4) is 0 Å². The Balaban J connectivity index is 0.000000159. The Morgan fingerprint density at radius 3 is 1.58 bits per heavy atom. The number of carbonyl (C=O) groups is 1. The molecular weight excluding hydrogens is 930 g/mol. The molecule has 330 valence electrons. The number of anilines is 6. The van der Waals surface area contributed by atoms with Crippen molar-refractivity contribution >= 4 is 74.0 Å². The number of carbonyl (C=O) groups excluding carboxylic acids is 1. The minimum absolute atomic E-state index is 0.333. The van der Waals surface area contributed by atoms with Gasteiger partial charge in [0, 0.05) is 86.8 Å². The summed E-state index contributed by atoms with van der Waals surface area (Å²) in [5, 5.41) is 14.8. The molecule has 2 aromatic carbocycles. The molecule has 64 heavy (non-hydrogen) atoms. The van der Waals surface area contributed by atoms with Crippen molar-refractivity contribution in [3.8, 4) is 22.8 Å². The van der Waals surface area contributed by atoms with Gasteiger partial charge in [-0.25, -0.2) is 23.8 Å². The number of halogens is 2. The monoisotopic (exact) mass is 980 g/mol. The number of pyridine rings is 2. The van der Waals surface area contributed by atoms with Gasteiger partial charge in [-0.2, -0.15) is 0 Å². The molecule has 2 aliphatic heterocycles. The van der Waals surface area contributed by atoms with E-state index in [1.807, 2.05) is 94.2 Å². The fraction of sp³-hybridized carbons (Fsp3) is 0.222. The molecule has 0 unspecified atom stereocenters. The number of nitrogen functional groups attached to an aromatic ring is 2. The van der Waals surface area contributed by atoms with Crippen LogP contribution in [0, 0.1) is 0 Å². The molecule has 8 heterocycles. The number of nitrogens with zero attached hydrogens (tertiary/aromatic N) is 10. The number of amides is 2. The maximum absolute atomic E-state index is 12.2. The number of urea groups is 1. The van der Waals surface area contributed by atoms with Crippen molar-refractivity contribution in [3.05, 3.63) is 134 Å². The van der Waals surface area contributed by atoms with Crippen LogP contribution >= 0.6 is 22.6 Å². The van der Waals surface area contributed by atoms with Gasteiger partial charge in [0.2, 0.25) is 0 Å². The zero-order valence-corrected chi connectivity index (χ0v) is 36.8. The lowest BCUT2D eigenvalue weighted by atomic mass is 10.2. The van der Waals surface area contributed by atoms with Gasteiger partial charge in [0.1, 0.15) is 11.0 Å². The molecule has 6 aromatic heterocycles. The lowest BCUT2D eigenvalue weighted by Crippen LogP contribution is -2.37. The molecule has 2 aliphatic rings. The summed E-state index contributed by atoms with van der Waals surface area (Å²) in [6.45, 7) is 5.22. The number of fused-ring (bicyclic) bond motifs is 2. The van der Waals surface area contributed by atoms with E-state index in [0.29, 0.717) is 41.9 Å². The van der Waals surface area contributed by atoms with Crippen LogP contribution in [-0.4, -0.2) is 109 Å². The molecule has 10 rings (SSSR count). The summed E-state index contributed by atoms with van der Waals surface area (Å²) in [4.78, 5) is 34.0. The zero-order valence-electron chi connectivity index (χ0n) is 36.7. The number of nitrogens with two attached hydrogens (primary N) is 2. The number of ether oxygens (including phenoxy) is 2. The van der Waals surface area contributed by atoms with E-state index in [4.69, 9.17) is 33.7 Å². The summed E-state index contributed by atoms with van der Waals surface area (Å²) in [5.74, 6) is 3.17. The van der Waals surface area contributed by atoms with E-state index in [2.05, 4.69) is 40.6 Å². The van der Waals surface area contributed by atoms with Crippen molar-refractivity contribution in [2.75, 3.05) is 95.6 Å². The van der Waals surface area contributed by atoms with Crippen LogP contribution in [0.2, 0.25) is 0 Å². The number of hydrogen-bond donors (Lipinski definition) is 4. The number of rotatable bonds is 7. The third kappa shape index (κ3) is 12.4. The standard InChI is InChI=1S/C22H21N7O2.C16H17N5O.C5H6N2.C2H4FI/c30-22(25-18-3-1-9-23-15-18)24-17-7-5-16(6-8-17)20-26-21(28-11-13-31-14-12-28)19-4-2-10-29(19)27-20;17-13-5-3-12(4-6-13)15-18-16(20-8-10-22-11-9-20)14-2-1-7-21(14)19-15;6-5-2-1-3-7-4-5;3-1-2-4/h1-10,15H,11-14H2,(H2,24,25,30);1-7H,8-11,17H2;1-4H,6H2;1-2H2/i;;;2D2. The number of hydrogen-bond acceptors (Lipinski definition) is 13. The van der Waals surface area contributed by atoms with Crippen LogP contribution < -0.4 is 31.9 Å². The van der Waals surface area contributed by atoms with Crippen LogP contribution in [0.5, 0.6) is 0 Å². The molecule has 2 saturated heterocycles. The van der Waals surface area contributed by atoms with E-state index >= 15 is 0 Å². The van der Waals surface area contributed by atoms with Gasteiger partial charge in [0.05, 0.1) is 50.7 Å². The van der Waals surface area contributed by atoms with Gasteiger partial charge in [-0.05, 0) is 97.1 Å². The second-order valence-electron chi connectivity index (χ2n) is 14.0. The predicted octanol–water partition coefficient (Wildman–Crippen LogP) is 7.14. The van der Waals surface area contributed by atoms with Crippen molar-refractivity contribution in [1.82, 2.24) is 39.2 Å². The van der Waals surface area contributed by atoms with Gasteiger partial charge in [0.15, 0.2) is 23.3 Å². The summed E-state index contributed by atoms with van der Waals surface area (Å²) < 4.78 is 37.0. The number of aromatic nitrogens is 8. The van der Waals surface area contributed by atoms with Crippen LogP contribution in [0.1, 0.15) is 2.74 Å². The highest BCUT2D eigenvalue weighted by Crippen LogP contribution is 2.27. The number of nitrogens with one attached hydrogen (secondary N) is 2. The molecule has 0 bridgehead atoms. The number of alkyl halides is 2. The average Bonchev–Trinajstić information content (AvgIpc) is 4.04. The normalized spacial score (nSPS) is 14.1. The van der Waals surface area contributed by atoms with Gasteiger partial charge >= 0.3 is 6.03 Å². The van der Waals surface area contributed by atoms with E-state index < -0.39 is 11.1 Å². The van der Waals surface area contributed by atoms with Crippen LogP contribution in [-0.2, 0) is 9.47 Å². The highest BCUT2D eigenvalue weighted by molar-refractivity contribution is 14.1. The first-order valence-electron chi connectivity index (χ1n) is 21.2. The summed E-state index contributed by atoms with van der Waals surface area (Å²) in [6, 6.07) is 29.9. The largest absolute Gasteiger partial charge is 0.399 e. The smallest absolute Gasteiger partial charge is 0.323 e. The molecule has 0 aliphatic carbocycles. The Bertz CT molecular complexity index is 2750. The van der Waals surface area contributed by atoms with E-state index in [1.165, 1.54) is 22.6 Å². The van der Waals surface area contributed by atoms with E-state index in [9.17, 15) is 9.18 Å². The second-order valence-corrected chi connectivity index (χ2v) is 14.7. The number of morpholine rings is 2. The quantitative estimate of drug-likeness (QED) is 0.0713. The molecule has 2 amide bonds. The van der Waals surface area contributed by atoms with Gasteiger partial charge < -0.3 is 41.4 Å². The lowest BCUT2D eigenvalue weighted by Gasteiger charge is -2.28. The molecule has 6 N–H and O–H groups in total. The molecule has 2 fully saturated rings. The van der Waals surface area contributed by atoms with Gasteiger partial charge in [-0.1, -0.05) is 22.6 Å². The fourth-order valence-corrected chi connectivity index (χ4v) is 6.54. The third-order valence-electron chi connectivity index (χ3n) is 9.59. The predicted molar refractivity (Wildman–Crippen MR) is 258 cm³/mol. The van der Waals surface area contributed by atoms with Crippen molar-refractivity contribution in [1.29, 1.82) is 0 Å². The summed E-state index contributed by atoms with van der Waals surface area (Å²) >= 11 is 1.40. The van der Waals surface area contributed by atoms with Crippen molar-refractivity contribution in [3.63, 3.8) is 0 Å². The van der Waals surface area contributed by atoms with Crippen LogP contribution in [0.25, 0.3) is 33.8 Å². The first-order chi connectivity index (χ1) is 32.0. The fourth-order valence-electron chi connectivity index (χ4n) is 6.54. The van der Waals surface area contributed by atoms with Gasteiger partial charge in [0.25, 0.3) is 0 Å². The Hall–Kier alpha value is -6.97. The first kappa shape index (κ1) is 42.3. The molecule has 19 heteroatoms. The maximum Gasteiger partial charge on any atom is 0.323 e. The molecule has 0 atom stereocenters. The van der Waals surface area contributed by atoms with E-state index in [-0.39, 0.29) is 6.03 Å². The molecule has 0 saturated carbocycles. The molecule has 0 radical (unpaired) electrons. The van der Waals surface area contributed by atoms with Crippen molar-refractivity contribution in [2.45, 2.75) is 0 Å². The van der Waals surface area contributed by atoms with Crippen LogP contribution in [0.4, 0.5) is 43.6 Å². The van der Waals surface area contributed by atoms with E-state index in [0.717, 1.165) is 78.9 Å². The highest BCUT2D eigenvalue weighted by Gasteiger charge is 2.20. The molecule has 0 spiro atoms.